The van der Waals surface area contributed by atoms with Crippen LogP contribution in [0.25, 0.3) is 21.9 Å². The molecule has 1 amide bonds. The highest BCUT2D eigenvalue weighted by Crippen LogP contribution is 2.40. The number of carbonyl (C=O) groups excluding carboxylic acids is 1. The first-order chi connectivity index (χ1) is 10.3. The number of ether oxygens (including phenoxy) is 1. The van der Waals surface area contributed by atoms with Crippen LogP contribution < -0.4 is 10.1 Å². The van der Waals surface area contributed by atoms with E-state index in [-0.39, 0.29) is 11.8 Å². The van der Waals surface area contributed by atoms with Crippen molar-refractivity contribution in [3.63, 3.8) is 0 Å². The molecule has 1 aliphatic rings. The average molecular weight is 281 g/mol. The van der Waals surface area contributed by atoms with Gasteiger partial charge in [-0.3, -0.25) is 4.79 Å². The second-order valence-electron chi connectivity index (χ2n) is 5.36. The molecule has 4 rings (SSSR count). The number of benzene rings is 2. The highest BCUT2D eigenvalue weighted by molar-refractivity contribution is 6.09. The van der Waals surface area contributed by atoms with Gasteiger partial charge in [0.1, 0.15) is 5.58 Å². The van der Waals surface area contributed by atoms with Gasteiger partial charge in [0.2, 0.25) is 5.91 Å². The van der Waals surface area contributed by atoms with Gasteiger partial charge in [0, 0.05) is 29.7 Å². The third-order valence-corrected chi connectivity index (χ3v) is 4.16. The van der Waals surface area contributed by atoms with E-state index in [2.05, 4.69) is 5.32 Å². The van der Waals surface area contributed by atoms with Crippen molar-refractivity contribution in [3.8, 4) is 5.75 Å². The fourth-order valence-electron chi connectivity index (χ4n) is 3.16. The van der Waals surface area contributed by atoms with Gasteiger partial charge >= 0.3 is 0 Å². The van der Waals surface area contributed by atoms with E-state index < -0.39 is 0 Å². The zero-order valence-corrected chi connectivity index (χ0v) is 11.7. The zero-order valence-electron chi connectivity index (χ0n) is 11.7. The van der Waals surface area contributed by atoms with Crippen LogP contribution in [-0.2, 0) is 4.79 Å². The molecule has 0 bridgehead atoms. The van der Waals surface area contributed by atoms with Gasteiger partial charge in [-0.05, 0) is 17.7 Å². The molecule has 21 heavy (non-hydrogen) atoms. The molecule has 0 radical (unpaired) electrons. The van der Waals surface area contributed by atoms with Crippen LogP contribution in [-0.4, -0.2) is 19.6 Å². The van der Waals surface area contributed by atoms with Crippen molar-refractivity contribution in [1.82, 2.24) is 5.32 Å². The average Bonchev–Trinajstić information content (AvgIpc) is 3.10. The number of hydrogen-bond donors (Lipinski definition) is 1. The van der Waals surface area contributed by atoms with E-state index in [1.54, 1.807) is 7.11 Å². The molecule has 4 nitrogen and oxygen atoms in total. The molecule has 1 atom stereocenters. The fraction of sp³-hybridized carbons (Fsp3) is 0.235. The maximum absolute atomic E-state index is 11.5. The number of rotatable bonds is 2. The molecular formula is C17H15NO3. The number of fused-ring (bicyclic) bond motifs is 3. The van der Waals surface area contributed by atoms with Gasteiger partial charge in [0.25, 0.3) is 0 Å². The summed E-state index contributed by atoms with van der Waals surface area (Å²) in [6.07, 6.45) is 0.529. The predicted molar refractivity (Wildman–Crippen MR) is 80.6 cm³/mol. The molecule has 0 aliphatic carbocycles. The first kappa shape index (κ1) is 12.3. The van der Waals surface area contributed by atoms with E-state index in [4.69, 9.17) is 9.15 Å². The van der Waals surface area contributed by atoms with Crippen molar-refractivity contribution in [1.29, 1.82) is 0 Å². The van der Waals surface area contributed by atoms with E-state index in [1.165, 1.54) is 0 Å². The van der Waals surface area contributed by atoms with Gasteiger partial charge in [0.15, 0.2) is 11.3 Å². The fourth-order valence-corrected chi connectivity index (χ4v) is 3.16. The highest BCUT2D eigenvalue weighted by Gasteiger charge is 2.27. The number of hydrogen-bond acceptors (Lipinski definition) is 3. The zero-order chi connectivity index (χ0) is 14.4. The molecule has 2 heterocycles. The lowest BCUT2D eigenvalue weighted by molar-refractivity contribution is -0.119. The van der Waals surface area contributed by atoms with Crippen molar-refractivity contribution in [2.45, 2.75) is 12.3 Å². The van der Waals surface area contributed by atoms with Gasteiger partial charge in [-0.1, -0.05) is 24.3 Å². The van der Waals surface area contributed by atoms with Gasteiger partial charge < -0.3 is 14.5 Å². The number of amides is 1. The van der Waals surface area contributed by atoms with Crippen LogP contribution in [0.5, 0.6) is 5.75 Å². The summed E-state index contributed by atoms with van der Waals surface area (Å²) in [6, 6.07) is 11.9. The molecule has 0 spiro atoms. The second kappa shape index (κ2) is 4.52. The summed E-state index contributed by atoms with van der Waals surface area (Å²) in [5.74, 6) is 1.02. The van der Waals surface area contributed by atoms with Crippen molar-refractivity contribution >= 4 is 27.8 Å². The second-order valence-corrected chi connectivity index (χ2v) is 5.36. The summed E-state index contributed by atoms with van der Waals surface area (Å²) in [5.41, 5.74) is 2.75. The summed E-state index contributed by atoms with van der Waals surface area (Å²) < 4.78 is 11.4. The van der Waals surface area contributed by atoms with Gasteiger partial charge in [-0.25, -0.2) is 0 Å². The molecule has 3 aromatic rings. The lowest BCUT2D eigenvalue weighted by atomic mass is 9.93. The standard InChI is InChI=1S/C17H15NO3/c1-20-14-7-6-11(10-8-15(19)18-9-10)16-12-4-2-3-5-13(12)21-17(14)16/h2-7,10H,8-9H2,1H3,(H,18,19)/t10-/m0/s1. The van der Waals surface area contributed by atoms with Crippen LogP contribution in [0.3, 0.4) is 0 Å². The van der Waals surface area contributed by atoms with Crippen molar-refractivity contribution in [2.75, 3.05) is 13.7 Å². The molecule has 1 aliphatic heterocycles. The summed E-state index contributed by atoms with van der Waals surface area (Å²) in [4.78, 5) is 11.5. The Kier molecular flexibility index (Phi) is 2.64. The Balaban J connectivity index is 2.04. The lowest BCUT2D eigenvalue weighted by Crippen LogP contribution is -2.13. The molecule has 4 heteroatoms. The number of furan rings is 1. The van der Waals surface area contributed by atoms with E-state index >= 15 is 0 Å². The van der Waals surface area contributed by atoms with E-state index in [0.29, 0.717) is 13.0 Å². The van der Waals surface area contributed by atoms with Crippen LogP contribution in [0.1, 0.15) is 17.9 Å². The Morgan fingerprint density at radius 2 is 2.10 bits per heavy atom. The Hall–Kier alpha value is -2.49. The number of para-hydroxylation sites is 1. The molecule has 1 fully saturated rings. The third-order valence-electron chi connectivity index (χ3n) is 4.16. The Morgan fingerprint density at radius 1 is 1.24 bits per heavy atom. The first-order valence-electron chi connectivity index (χ1n) is 7.03. The van der Waals surface area contributed by atoms with Crippen LogP contribution in [0.4, 0.5) is 0 Å². The van der Waals surface area contributed by atoms with E-state index in [9.17, 15) is 4.79 Å². The van der Waals surface area contributed by atoms with E-state index in [1.807, 2.05) is 36.4 Å². The minimum Gasteiger partial charge on any atom is -0.493 e. The first-order valence-corrected chi connectivity index (χ1v) is 7.03. The highest BCUT2D eigenvalue weighted by atomic mass is 16.5. The quantitative estimate of drug-likeness (QED) is 0.784. The number of carbonyl (C=O) groups is 1. The largest absolute Gasteiger partial charge is 0.493 e. The molecule has 106 valence electrons. The minimum atomic E-state index is 0.108. The normalized spacial score (nSPS) is 18.3. The topological polar surface area (TPSA) is 51.5 Å². The molecular weight excluding hydrogens is 266 g/mol. The van der Waals surface area contributed by atoms with Crippen molar-refractivity contribution in [2.24, 2.45) is 0 Å². The Morgan fingerprint density at radius 3 is 2.86 bits per heavy atom. The number of nitrogens with one attached hydrogen (secondary N) is 1. The maximum atomic E-state index is 11.5. The van der Waals surface area contributed by atoms with Gasteiger partial charge in [0.05, 0.1) is 7.11 Å². The van der Waals surface area contributed by atoms with Crippen LogP contribution >= 0.6 is 0 Å². The molecule has 0 saturated carbocycles. The summed E-state index contributed by atoms with van der Waals surface area (Å²) >= 11 is 0. The van der Waals surface area contributed by atoms with Crippen LogP contribution in [0.2, 0.25) is 0 Å². The number of methoxy groups -OCH3 is 1. The summed E-state index contributed by atoms with van der Waals surface area (Å²) in [7, 11) is 1.64. The molecule has 2 aromatic carbocycles. The van der Waals surface area contributed by atoms with Crippen LogP contribution in [0.15, 0.2) is 40.8 Å². The van der Waals surface area contributed by atoms with Crippen LogP contribution in [0, 0.1) is 0 Å². The van der Waals surface area contributed by atoms with Crippen molar-refractivity contribution in [3.05, 3.63) is 42.0 Å². The molecule has 1 saturated heterocycles. The SMILES string of the molecule is COc1ccc([C@@H]2CNC(=O)C2)c2c1oc1ccccc12. The monoisotopic (exact) mass is 281 g/mol. The summed E-state index contributed by atoms with van der Waals surface area (Å²) in [6.45, 7) is 0.680. The molecule has 1 N–H and O–H groups in total. The maximum Gasteiger partial charge on any atom is 0.220 e. The van der Waals surface area contributed by atoms with Crippen molar-refractivity contribution < 1.29 is 13.9 Å². The lowest BCUT2D eigenvalue weighted by Gasteiger charge is -2.11. The smallest absolute Gasteiger partial charge is 0.220 e. The van der Waals surface area contributed by atoms with Gasteiger partial charge in [-0.15, -0.1) is 0 Å². The Bertz CT molecular complexity index is 850. The summed E-state index contributed by atoms with van der Waals surface area (Å²) in [5, 5.41) is 5.03. The third kappa shape index (κ3) is 1.79. The predicted octanol–water partition coefficient (Wildman–Crippen LogP) is 3.20. The van der Waals surface area contributed by atoms with E-state index in [0.717, 1.165) is 33.3 Å². The molecule has 1 aromatic heterocycles. The van der Waals surface area contributed by atoms with Gasteiger partial charge in [-0.2, -0.15) is 0 Å². The Labute approximate surface area is 121 Å². The minimum absolute atomic E-state index is 0.108. The molecule has 0 unspecified atom stereocenters.